The Morgan fingerprint density at radius 3 is 1.35 bits per heavy atom. The molecule has 0 N–H and O–H groups in total. The van der Waals surface area contributed by atoms with E-state index in [-0.39, 0.29) is 5.41 Å². The molecule has 0 aliphatic heterocycles. The molecule has 324 valence electrons. The highest BCUT2D eigenvalue weighted by atomic mass is 15.0. The van der Waals surface area contributed by atoms with Gasteiger partial charge in [-0.2, -0.15) is 0 Å². The first-order valence-corrected chi connectivity index (χ1v) is 24.1. The van der Waals surface area contributed by atoms with Gasteiger partial charge in [-0.05, 0) is 132 Å². The van der Waals surface area contributed by atoms with Crippen molar-refractivity contribution in [3.8, 4) is 67.0 Å². The van der Waals surface area contributed by atoms with Crippen LogP contribution in [0.3, 0.4) is 0 Å². The van der Waals surface area contributed by atoms with E-state index in [1.807, 2.05) is 0 Å². The highest BCUT2D eigenvalue weighted by Crippen LogP contribution is 2.50. The molecule has 13 aromatic rings. The van der Waals surface area contributed by atoms with Crippen molar-refractivity contribution in [1.82, 2.24) is 9.13 Å². The van der Waals surface area contributed by atoms with Gasteiger partial charge in [-0.3, -0.25) is 0 Å². The third kappa shape index (κ3) is 6.05. The summed E-state index contributed by atoms with van der Waals surface area (Å²) in [6, 6.07) is 90.1. The van der Waals surface area contributed by atoms with Gasteiger partial charge in [0.05, 0.1) is 22.1 Å². The quantitative estimate of drug-likeness (QED) is 0.157. The van der Waals surface area contributed by atoms with Crippen LogP contribution in [-0.2, 0) is 5.41 Å². The van der Waals surface area contributed by atoms with Gasteiger partial charge < -0.3 is 9.13 Å². The number of rotatable bonds is 6. The van der Waals surface area contributed by atoms with Crippen LogP contribution in [0, 0.1) is 0 Å². The van der Waals surface area contributed by atoms with E-state index in [1.54, 1.807) is 0 Å². The lowest BCUT2D eigenvalue weighted by molar-refractivity contribution is 0.660. The first kappa shape index (κ1) is 39.4. The topological polar surface area (TPSA) is 9.86 Å². The summed E-state index contributed by atoms with van der Waals surface area (Å²) >= 11 is 0. The van der Waals surface area contributed by atoms with Gasteiger partial charge in [0.2, 0.25) is 0 Å². The second-order valence-electron chi connectivity index (χ2n) is 19.3. The molecule has 0 amide bonds. The van der Waals surface area contributed by atoms with Gasteiger partial charge in [-0.1, -0.05) is 202 Å². The fourth-order valence-electron chi connectivity index (χ4n) is 11.8. The highest BCUT2D eigenvalue weighted by Gasteiger charge is 2.35. The summed E-state index contributed by atoms with van der Waals surface area (Å²) in [6.45, 7) is 4.71. The molecule has 0 unspecified atom stereocenters. The monoisotopic (exact) mass is 878 g/mol. The minimum atomic E-state index is -0.0506. The Bertz CT molecular complexity index is 4140. The zero-order valence-electron chi connectivity index (χ0n) is 38.5. The van der Waals surface area contributed by atoms with E-state index < -0.39 is 0 Å². The Balaban J connectivity index is 0.964. The molecule has 11 aromatic carbocycles. The standard InChI is InChI=1S/C67H46N2/c1-67(2)60-28-12-9-23-54(60)59-42-50(33-36-61(59)67)68-62-29-13-10-24-55(62)57-34-31-46(40-64(57)68)52-26-15-21-45-22-16-27-53(66(45)52)47-32-35-58-56-25-11-14-30-63(56)69(65(58)41-47)51-38-48(43-17-5-3-6-18-43)37-49(39-51)44-19-7-4-8-20-44/h3-42H,1-2H3. The SMILES string of the molecule is CC1(C)c2ccccc2-c2cc(-n3c4ccccc4c4ccc(-c5cccc6cccc(-c7ccc8c9ccccc9n(-c9cc(-c%10ccccc%10)cc(-c%10ccccc%10)c9)c8c7)c56)cc43)ccc21. The Kier molecular flexibility index (Phi) is 8.66. The van der Waals surface area contributed by atoms with Gasteiger partial charge >= 0.3 is 0 Å². The van der Waals surface area contributed by atoms with Crippen LogP contribution in [0.4, 0.5) is 0 Å². The molecule has 1 aliphatic carbocycles. The van der Waals surface area contributed by atoms with E-state index in [4.69, 9.17) is 0 Å². The van der Waals surface area contributed by atoms with Crippen molar-refractivity contribution in [2.75, 3.05) is 0 Å². The molecule has 0 spiro atoms. The Hall–Kier alpha value is -8.72. The number of hydrogen-bond acceptors (Lipinski definition) is 0. The summed E-state index contributed by atoms with van der Waals surface area (Å²) in [5.41, 5.74) is 22.1. The van der Waals surface area contributed by atoms with Crippen LogP contribution in [0.25, 0.3) is 121 Å². The van der Waals surface area contributed by atoms with Gasteiger partial charge in [0, 0.05) is 38.3 Å². The number of para-hydroxylation sites is 2. The third-order valence-corrected chi connectivity index (χ3v) is 15.1. The lowest BCUT2D eigenvalue weighted by Gasteiger charge is -2.21. The van der Waals surface area contributed by atoms with Crippen molar-refractivity contribution in [1.29, 1.82) is 0 Å². The van der Waals surface area contributed by atoms with Crippen molar-refractivity contribution < 1.29 is 0 Å². The molecule has 0 fully saturated rings. The van der Waals surface area contributed by atoms with Crippen LogP contribution >= 0.6 is 0 Å². The number of nitrogens with zero attached hydrogens (tertiary/aromatic N) is 2. The predicted octanol–water partition coefficient (Wildman–Crippen LogP) is 18.0. The van der Waals surface area contributed by atoms with E-state index in [0.29, 0.717) is 0 Å². The highest BCUT2D eigenvalue weighted by molar-refractivity contribution is 6.14. The minimum Gasteiger partial charge on any atom is -0.309 e. The van der Waals surface area contributed by atoms with Crippen LogP contribution in [0.5, 0.6) is 0 Å². The molecule has 0 radical (unpaired) electrons. The molecule has 2 aromatic heterocycles. The second kappa shape index (κ2) is 15.2. The molecule has 69 heavy (non-hydrogen) atoms. The molecule has 0 saturated heterocycles. The van der Waals surface area contributed by atoms with Gasteiger partial charge in [-0.15, -0.1) is 0 Å². The summed E-state index contributed by atoms with van der Waals surface area (Å²) in [7, 11) is 0. The molecule has 1 aliphatic rings. The maximum absolute atomic E-state index is 2.48. The van der Waals surface area contributed by atoms with E-state index in [1.165, 1.54) is 127 Å². The molecule has 0 saturated carbocycles. The van der Waals surface area contributed by atoms with E-state index >= 15 is 0 Å². The Morgan fingerprint density at radius 1 is 0.275 bits per heavy atom. The van der Waals surface area contributed by atoms with Crippen molar-refractivity contribution >= 4 is 54.4 Å². The van der Waals surface area contributed by atoms with Gasteiger partial charge in [0.1, 0.15) is 0 Å². The second-order valence-corrected chi connectivity index (χ2v) is 19.3. The molecular formula is C67H46N2. The van der Waals surface area contributed by atoms with Crippen molar-refractivity contribution in [2.24, 2.45) is 0 Å². The average Bonchev–Trinajstić information content (AvgIpc) is 4.00. The smallest absolute Gasteiger partial charge is 0.0547 e. The van der Waals surface area contributed by atoms with Gasteiger partial charge in [0.25, 0.3) is 0 Å². The van der Waals surface area contributed by atoms with E-state index in [2.05, 4.69) is 266 Å². The largest absolute Gasteiger partial charge is 0.309 e. The Morgan fingerprint density at radius 2 is 0.754 bits per heavy atom. The molecule has 2 heterocycles. The van der Waals surface area contributed by atoms with E-state index in [0.717, 1.165) is 5.69 Å². The number of hydrogen-bond donors (Lipinski definition) is 0. The maximum Gasteiger partial charge on any atom is 0.0547 e. The third-order valence-electron chi connectivity index (χ3n) is 15.1. The van der Waals surface area contributed by atoms with Crippen molar-refractivity contribution in [3.05, 3.63) is 254 Å². The summed E-state index contributed by atoms with van der Waals surface area (Å²) in [5, 5.41) is 7.45. The summed E-state index contributed by atoms with van der Waals surface area (Å²) < 4.78 is 4.96. The normalized spacial score (nSPS) is 12.9. The van der Waals surface area contributed by atoms with Crippen LogP contribution in [-0.4, -0.2) is 9.13 Å². The molecule has 0 bridgehead atoms. The van der Waals surface area contributed by atoms with Crippen molar-refractivity contribution in [3.63, 3.8) is 0 Å². The molecule has 2 nitrogen and oxygen atoms in total. The van der Waals surface area contributed by atoms with Gasteiger partial charge in [0.15, 0.2) is 0 Å². The predicted molar refractivity (Wildman–Crippen MR) is 292 cm³/mol. The number of benzene rings is 11. The van der Waals surface area contributed by atoms with Crippen LogP contribution in [0.2, 0.25) is 0 Å². The zero-order chi connectivity index (χ0) is 45.8. The number of aromatic nitrogens is 2. The maximum atomic E-state index is 2.48. The lowest BCUT2D eigenvalue weighted by atomic mass is 9.82. The fraction of sp³-hybridized carbons (Fsp3) is 0.0448. The molecule has 0 atom stereocenters. The first-order valence-electron chi connectivity index (χ1n) is 24.1. The lowest BCUT2D eigenvalue weighted by Crippen LogP contribution is -2.14. The summed E-state index contributed by atoms with van der Waals surface area (Å²) in [5.74, 6) is 0. The fourth-order valence-corrected chi connectivity index (χ4v) is 11.8. The molecule has 2 heteroatoms. The first-order chi connectivity index (χ1) is 34.0. The van der Waals surface area contributed by atoms with E-state index in [9.17, 15) is 0 Å². The average molecular weight is 879 g/mol. The molecule has 14 rings (SSSR count). The van der Waals surface area contributed by atoms with Crippen LogP contribution in [0.15, 0.2) is 243 Å². The summed E-state index contributed by atoms with van der Waals surface area (Å²) in [4.78, 5) is 0. The number of fused-ring (bicyclic) bond motifs is 10. The van der Waals surface area contributed by atoms with Crippen molar-refractivity contribution in [2.45, 2.75) is 19.3 Å². The summed E-state index contributed by atoms with van der Waals surface area (Å²) in [6.07, 6.45) is 0. The van der Waals surface area contributed by atoms with Crippen LogP contribution in [0.1, 0.15) is 25.0 Å². The molecular weight excluding hydrogens is 833 g/mol. The Labute approximate surface area is 401 Å². The minimum absolute atomic E-state index is 0.0506. The zero-order valence-corrected chi connectivity index (χ0v) is 38.5. The van der Waals surface area contributed by atoms with Crippen LogP contribution < -0.4 is 0 Å². The van der Waals surface area contributed by atoms with Gasteiger partial charge in [-0.25, -0.2) is 0 Å².